The van der Waals surface area contributed by atoms with Crippen molar-refractivity contribution in [3.63, 3.8) is 0 Å². The van der Waals surface area contributed by atoms with E-state index < -0.39 is 0 Å². The van der Waals surface area contributed by atoms with Gasteiger partial charge in [0.15, 0.2) is 0 Å². The zero-order valence-corrected chi connectivity index (χ0v) is 6.41. The molecule has 1 unspecified atom stereocenters. The van der Waals surface area contributed by atoms with Crippen molar-refractivity contribution in [2.45, 2.75) is 5.94 Å². The molecular formula is C8H9BN2. The van der Waals surface area contributed by atoms with Crippen LogP contribution in [-0.4, -0.2) is 14.9 Å². The van der Waals surface area contributed by atoms with E-state index in [2.05, 4.69) is 11.5 Å². The van der Waals surface area contributed by atoms with Crippen LogP contribution < -0.4 is 10.4 Å². The molecule has 1 atom stereocenters. The summed E-state index contributed by atoms with van der Waals surface area (Å²) in [5.41, 5.74) is 5.42. The Morgan fingerprint density at radius 3 is 2.91 bits per heavy atom. The molecule has 1 aliphatic rings. The fourth-order valence-electron chi connectivity index (χ4n) is 1.40. The summed E-state index contributed by atoms with van der Waals surface area (Å²) in [5.74, 6) is -0.0452. The van der Waals surface area contributed by atoms with Gasteiger partial charge in [0.1, 0.15) is 0 Å². The molecule has 1 aromatic carbocycles. The molecule has 0 aliphatic carbocycles. The minimum absolute atomic E-state index is 0.0452. The molecule has 0 amide bonds. The summed E-state index contributed by atoms with van der Waals surface area (Å²) < 4.78 is 0. The number of rotatable bonds is 0. The number of hydrogen-bond donors (Lipinski definition) is 1. The van der Waals surface area contributed by atoms with Gasteiger partial charge in [0.05, 0.1) is 13.5 Å². The van der Waals surface area contributed by atoms with Crippen molar-refractivity contribution in [1.82, 2.24) is 5.43 Å². The van der Waals surface area contributed by atoms with E-state index in [4.69, 9.17) is 7.85 Å². The van der Waals surface area contributed by atoms with Gasteiger partial charge in [0.25, 0.3) is 0 Å². The van der Waals surface area contributed by atoms with Crippen molar-refractivity contribution in [2.24, 2.45) is 0 Å². The third-order valence-corrected chi connectivity index (χ3v) is 1.97. The first-order valence-corrected chi connectivity index (χ1v) is 3.63. The first-order chi connectivity index (χ1) is 5.29. The second-order valence-corrected chi connectivity index (χ2v) is 2.72. The van der Waals surface area contributed by atoms with Gasteiger partial charge < -0.3 is 5.01 Å². The third kappa shape index (κ3) is 0.924. The molecule has 0 saturated carbocycles. The fourth-order valence-corrected chi connectivity index (χ4v) is 1.40. The molecule has 1 aromatic rings. The number of nitrogens with one attached hydrogen (secondary N) is 1. The average molecular weight is 144 g/mol. The molecule has 0 aromatic heterocycles. The molecule has 0 bridgehead atoms. The molecule has 2 rings (SSSR count). The van der Waals surface area contributed by atoms with Gasteiger partial charge in [-0.2, -0.15) is 0 Å². The summed E-state index contributed by atoms with van der Waals surface area (Å²) in [7, 11) is 7.75. The van der Waals surface area contributed by atoms with E-state index in [9.17, 15) is 0 Å². The standard InChI is InChI=1S/C8H9BN2/c1-11-7-5-3-2-4-6(7)8(9)10-11/h2-5,8,10H,1H3. The molecule has 11 heavy (non-hydrogen) atoms. The van der Waals surface area contributed by atoms with Crippen molar-refractivity contribution in [3.05, 3.63) is 29.8 Å². The van der Waals surface area contributed by atoms with Crippen molar-refractivity contribution in [2.75, 3.05) is 12.1 Å². The van der Waals surface area contributed by atoms with Crippen LogP contribution in [0.15, 0.2) is 24.3 Å². The highest BCUT2D eigenvalue weighted by Crippen LogP contribution is 2.28. The van der Waals surface area contributed by atoms with E-state index in [1.165, 1.54) is 5.69 Å². The smallest absolute Gasteiger partial charge is 0.0999 e. The first kappa shape index (κ1) is 6.74. The average Bonchev–Trinajstić information content (AvgIpc) is 2.30. The first-order valence-electron chi connectivity index (χ1n) is 3.63. The molecule has 0 fully saturated rings. The molecule has 2 nitrogen and oxygen atoms in total. The largest absolute Gasteiger partial charge is 0.311 e. The van der Waals surface area contributed by atoms with E-state index >= 15 is 0 Å². The summed E-state index contributed by atoms with van der Waals surface area (Å²) >= 11 is 0. The lowest BCUT2D eigenvalue weighted by molar-refractivity contribution is 0.711. The van der Waals surface area contributed by atoms with Gasteiger partial charge >= 0.3 is 0 Å². The second-order valence-electron chi connectivity index (χ2n) is 2.72. The zero-order chi connectivity index (χ0) is 7.84. The quantitative estimate of drug-likeness (QED) is 0.542. The topological polar surface area (TPSA) is 15.3 Å². The van der Waals surface area contributed by atoms with Gasteiger partial charge in [0.2, 0.25) is 0 Å². The van der Waals surface area contributed by atoms with E-state index in [0.29, 0.717) is 0 Å². The Balaban J connectivity index is 2.52. The van der Waals surface area contributed by atoms with Gasteiger partial charge in [-0.3, -0.25) is 0 Å². The monoisotopic (exact) mass is 144 g/mol. The van der Waals surface area contributed by atoms with Crippen LogP contribution in [0.2, 0.25) is 0 Å². The predicted molar refractivity (Wildman–Crippen MR) is 46.5 cm³/mol. The maximum absolute atomic E-state index is 5.78. The number of nitrogens with zero attached hydrogens (tertiary/aromatic N) is 1. The number of para-hydroxylation sites is 1. The van der Waals surface area contributed by atoms with E-state index in [1.54, 1.807) is 0 Å². The van der Waals surface area contributed by atoms with Gasteiger partial charge in [-0.25, -0.2) is 5.43 Å². The fraction of sp³-hybridized carbons (Fsp3) is 0.250. The van der Waals surface area contributed by atoms with Crippen molar-refractivity contribution < 1.29 is 0 Å². The van der Waals surface area contributed by atoms with Gasteiger partial charge in [-0.15, -0.1) is 0 Å². The third-order valence-electron chi connectivity index (χ3n) is 1.97. The summed E-state index contributed by atoms with van der Waals surface area (Å²) in [5, 5.41) is 1.94. The Bertz CT molecular complexity index is 248. The Labute approximate surface area is 67.6 Å². The van der Waals surface area contributed by atoms with Crippen molar-refractivity contribution in [3.8, 4) is 0 Å². The van der Waals surface area contributed by atoms with Gasteiger partial charge in [0, 0.05) is 13.0 Å². The Kier molecular flexibility index (Phi) is 1.39. The van der Waals surface area contributed by atoms with E-state index in [-0.39, 0.29) is 5.94 Å². The summed E-state index contributed by atoms with van der Waals surface area (Å²) in [6.07, 6.45) is 0. The molecule has 1 aliphatic heterocycles. The summed E-state index contributed by atoms with van der Waals surface area (Å²) in [6.45, 7) is 0. The normalized spacial score (nSPS) is 21.9. The molecule has 54 valence electrons. The number of hydrazine groups is 1. The van der Waals surface area contributed by atoms with Gasteiger partial charge in [-0.05, 0) is 11.6 Å². The molecule has 2 radical (unpaired) electrons. The lowest BCUT2D eigenvalue weighted by Crippen LogP contribution is -2.30. The van der Waals surface area contributed by atoms with Crippen LogP contribution in [0.5, 0.6) is 0 Å². The molecule has 3 heteroatoms. The Hall–Kier alpha value is -0.955. The summed E-state index contributed by atoms with van der Waals surface area (Å²) in [4.78, 5) is 0. The van der Waals surface area contributed by atoms with Gasteiger partial charge in [-0.1, -0.05) is 18.2 Å². The van der Waals surface area contributed by atoms with E-state index in [1.807, 2.05) is 30.3 Å². The van der Waals surface area contributed by atoms with Crippen LogP contribution in [0.4, 0.5) is 5.69 Å². The molecule has 0 spiro atoms. The number of hydrogen-bond acceptors (Lipinski definition) is 2. The highest BCUT2D eigenvalue weighted by atomic mass is 15.5. The molecule has 1 N–H and O–H groups in total. The SMILES string of the molecule is [B]C1NN(C)c2ccccc21. The lowest BCUT2D eigenvalue weighted by Gasteiger charge is -2.12. The molecule has 1 heterocycles. The van der Waals surface area contributed by atoms with Crippen LogP contribution in [0, 0.1) is 0 Å². The zero-order valence-electron chi connectivity index (χ0n) is 6.41. The molecule has 0 saturated heterocycles. The Morgan fingerprint density at radius 2 is 2.18 bits per heavy atom. The van der Waals surface area contributed by atoms with E-state index in [0.717, 1.165) is 5.56 Å². The maximum atomic E-state index is 5.78. The van der Waals surface area contributed by atoms with Crippen molar-refractivity contribution in [1.29, 1.82) is 0 Å². The number of fused-ring (bicyclic) bond motifs is 1. The maximum Gasteiger partial charge on any atom is 0.0999 e. The van der Waals surface area contributed by atoms with Crippen LogP contribution >= 0.6 is 0 Å². The Morgan fingerprint density at radius 1 is 1.45 bits per heavy atom. The lowest BCUT2D eigenvalue weighted by atomic mass is 9.90. The predicted octanol–water partition coefficient (Wildman–Crippen LogP) is 0.808. The molecular weight excluding hydrogens is 135 g/mol. The van der Waals surface area contributed by atoms with Crippen LogP contribution in [0.3, 0.4) is 0 Å². The van der Waals surface area contributed by atoms with Crippen LogP contribution in [0.1, 0.15) is 11.5 Å². The highest BCUT2D eigenvalue weighted by Gasteiger charge is 2.19. The number of anilines is 1. The van der Waals surface area contributed by atoms with Crippen LogP contribution in [0.25, 0.3) is 0 Å². The summed E-state index contributed by atoms with van der Waals surface area (Å²) in [6, 6.07) is 8.10. The number of benzene rings is 1. The minimum atomic E-state index is -0.0452. The van der Waals surface area contributed by atoms with Crippen molar-refractivity contribution >= 4 is 13.5 Å². The van der Waals surface area contributed by atoms with Crippen LogP contribution in [-0.2, 0) is 0 Å². The second kappa shape index (κ2) is 2.27. The highest BCUT2D eigenvalue weighted by molar-refractivity contribution is 6.13. The minimum Gasteiger partial charge on any atom is -0.311 e.